The molecule has 1 N–H and O–H groups in total. The number of nitrogens with zero attached hydrogens (tertiary/aromatic N) is 4. The Morgan fingerprint density at radius 2 is 1.76 bits per heavy atom. The van der Waals surface area contributed by atoms with E-state index < -0.39 is 0 Å². The molecule has 1 saturated heterocycles. The van der Waals surface area contributed by atoms with Gasteiger partial charge in [0.2, 0.25) is 5.95 Å². The van der Waals surface area contributed by atoms with E-state index in [0.29, 0.717) is 6.54 Å². The molecule has 1 fully saturated rings. The number of anilines is 1. The van der Waals surface area contributed by atoms with Gasteiger partial charge in [-0.3, -0.25) is 0 Å². The standard InChI is InChI=1S/C19H26FN5/c1-24(2)18(16-5-7-17(20)8-6-16)14-21-11-15-12-22-19(23-13-15)25-9-3-4-10-25/h5-8,12-13,18,21H,3-4,9-11,14H2,1-2H3/t18-/m0/s1. The van der Waals surface area contributed by atoms with Crippen molar-refractivity contribution in [1.29, 1.82) is 0 Å². The maximum Gasteiger partial charge on any atom is 0.225 e. The Hall–Kier alpha value is -2.05. The Balaban J connectivity index is 1.54. The van der Waals surface area contributed by atoms with E-state index in [0.717, 1.165) is 36.7 Å². The van der Waals surface area contributed by atoms with E-state index in [1.165, 1.54) is 25.0 Å². The Labute approximate surface area is 148 Å². The first-order chi connectivity index (χ1) is 12.1. The van der Waals surface area contributed by atoms with Crippen molar-refractivity contribution in [2.45, 2.75) is 25.4 Å². The van der Waals surface area contributed by atoms with Crippen molar-refractivity contribution in [1.82, 2.24) is 20.2 Å². The normalized spacial score (nSPS) is 15.8. The van der Waals surface area contributed by atoms with Crippen LogP contribution in [0.25, 0.3) is 0 Å². The second-order valence-electron chi connectivity index (χ2n) is 6.75. The fourth-order valence-corrected chi connectivity index (χ4v) is 3.16. The molecule has 0 amide bonds. The molecule has 0 unspecified atom stereocenters. The summed E-state index contributed by atoms with van der Waals surface area (Å²) in [4.78, 5) is 13.3. The summed E-state index contributed by atoms with van der Waals surface area (Å²) in [6, 6.07) is 6.89. The predicted molar refractivity (Wildman–Crippen MR) is 98.0 cm³/mol. The van der Waals surface area contributed by atoms with E-state index in [-0.39, 0.29) is 11.9 Å². The van der Waals surface area contributed by atoms with Crippen molar-refractivity contribution in [2.24, 2.45) is 0 Å². The molecule has 1 aliphatic rings. The molecule has 0 saturated carbocycles. The number of rotatable bonds is 7. The van der Waals surface area contributed by atoms with Crippen LogP contribution in [0.15, 0.2) is 36.7 Å². The minimum absolute atomic E-state index is 0.186. The highest BCUT2D eigenvalue weighted by molar-refractivity contribution is 5.31. The van der Waals surface area contributed by atoms with Crippen molar-refractivity contribution in [3.63, 3.8) is 0 Å². The Kier molecular flexibility index (Phi) is 5.94. The maximum absolute atomic E-state index is 13.1. The average Bonchev–Trinajstić information content (AvgIpc) is 3.15. The molecule has 1 aromatic carbocycles. The van der Waals surface area contributed by atoms with Crippen LogP contribution in [0.2, 0.25) is 0 Å². The molecule has 2 heterocycles. The van der Waals surface area contributed by atoms with Crippen molar-refractivity contribution in [3.8, 4) is 0 Å². The van der Waals surface area contributed by atoms with Crippen molar-refractivity contribution >= 4 is 5.95 Å². The third kappa shape index (κ3) is 4.74. The van der Waals surface area contributed by atoms with Gasteiger partial charge in [0.05, 0.1) is 0 Å². The lowest BCUT2D eigenvalue weighted by atomic mass is 10.1. The number of nitrogens with one attached hydrogen (secondary N) is 1. The SMILES string of the molecule is CN(C)[C@@H](CNCc1cnc(N2CCCC2)nc1)c1ccc(F)cc1. The van der Waals surface area contributed by atoms with E-state index in [2.05, 4.69) is 25.1 Å². The van der Waals surface area contributed by atoms with Crippen LogP contribution in [-0.4, -0.2) is 48.6 Å². The van der Waals surface area contributed by atoms with Crippen LogP contribution in [0.3, 0.4) is 0 Å². The third-order valence-electron chi connectivity index (χ3n) is 4.63. The summed E-state index contributed by atoms with van der Waals surface area (Å²) in [6.45, 7) is 3.60. The van der Waals surface area contributed by atoms with Crippen LogP contribution in [-0.2, 0) is 6.54 Å². The Morgan fingerprint density at radius 3 is 2.36 bits per heavy atom. The molecule has 6 heteroatoms. The summed E-state index contributed by atoms with van der Waals surface area (Å²) in [5.41, 5.74) is 2.17. The van der Waals surface area contributed by atoms with Gasteiger partial charge < -0.3 is 15.1 Å². The van der Waals surface area contributed by atoms with E-state index >= 15 is 0 Å². The van der Waals surface area contributed by atoms with Crippen LogP contribution in [0.1, 0.15) is 30.0 Å². The van der Waals surface area contributed by atoms with Gasteiger partial charge >= 0.3 is 0 Å². The number of halogens is 1. The summed E-state index contributed by atoms with van der Waals surface area (Å²) in [6.07, 6.45) is 6.25. The van der Waals surface area contributed by atoms with E-state index in [9.17, 15) is 4.39 Å². The molecule has 0 aliphatic carbocycles. The van der Waals surface area contributed by atoms with Gasteiger partial charge in [0, 0.05) is 50.2 Å². The molecule has 1 aliphatic heterocycles. The number of aromatic nitrogens is 2. The Morgan fingerprint density at radius 1 is 1.12 bits per heavy atom. The van der Waals surface area contributed by atoms with E-state index in [1.54, 1.807) is 0 Å². The van der Waals surface area contributed by atoms with Crippen molar-refractivity contribution in [2.75, 3.05) is 38.6 Å². The Bertz CT molecular complexity index is 651. The minimum atomic E-state index is -0.204. The summed E-state index contributed by atoms with van der Waals surface area (Å²) in [7, 11) is 4.06. The van der Waals surface area contributed by atoms with Gasteiger partial charge in [0.15, 0.2) is 0 Å². The van der Waals surface area contributed by atoms with Crippen LogP contribution < -0.4 is 10.2 Å². The molecule has 0 bridgehead atoms. The maximum atomic E-state index is 13.1. The fraction of sp³-hybridized carbons (Fsp3) is 0.474. The molecule has 0 spiro atoms. The topological polar surface area (TPSA) is 44.3 Å². The molecule has 2 aromatic rings. The monoisotopic (exact) mass is 343 g/mol. The lowest BCUT2D eigenvalue weighted by Gasteiger charge is -2.25. The molecule has 0 radical (unpaired) electrons. The lowest BCUT2D eigenvalue weighted by Crippen LogP contribution is -2.31. The van der Waals surface area contributed by atoms with Gasteiger partial charge in [0.1, 0.15) is 5.82 Å². The van der Waals surface area contributed by atoms with Gasteiger partial charge in [-0.1, -0.05) is 12.1 Å². The summed E-state index contributed by atoms with van der Waals surface area (Å²) in [5.74, 6) is 0.628. The van der Waals surface area contributed by atoms with Crippen LogP contribution >= 0.6 is 0 Å². The van der Waals surface area contributed by atoms with Gasteiger partial charge in [0.25, 0.3) is 0 Å². The van der Waals surface area contributed by atoms with Crippen molar-refractivity contribution in [3.05, 3.63) is 53.6 Å². The third-order valence-corrected chi connectivity index (χ3v) is 4.63. The second kappa shape index (κ2) is 8.36. The zero-order valence-electron chi connectivity index (χ0n) is 15.0. The second-order valence-corrected chi connectivity index (χ2v) is 6.75. The fourth-order valence-electron chi connectivity index (χ4n) is 3.16. The van der Waals surface area contributed by atoms with Crippen LogP contribution in [0, 0.1) is 5.82 Å². The van der Waals surface area contributed by atoms with Crippen LogP contribution in [0.4, 0.5) is 10.3 Å². The highest BCUT2D eigenvalue weighted by Crippen LogP contribution is 2.18. The zero-order valence-corrected chi connectivity index (χ0v) is 15.0. The van der Waals surface area contributed by atoms with Gasteiger partial charge in [-0.2, -0.15) is 0 Å². The first-order valence-corrected chi connectivity index (χ1v) is 8.82. The smallest absolute Gasteiger partial charge is 0.225 e. The number of hydrogen-bond donors (Lipinski definition) is 1. The summed E-state index contributed by atoms with van der Waals surface area (Å²) in [5, 5.41) is 3.46. The molecule has 3 rings (SSSR count). The number of benzene rings is 1. The number of likely N-dealkylation sites (N-methyl/N-ethyl adjacent to an activating group) is 1. The van der Waals surface area contributed by atoms with Crippen molar-refractivity contribution < 1.29 is 4.39 Å². The minimum Gasteiger partial charge on any atom is -0.341 e. The first-order valence-electron chi connectivity index (χ1n) is 8.82. The summed E-state index contributed by atoms with van der Waals surface area (Å²) < 4.78 is 13.1. The lowest BCUT2D eigenvalue weighted by molar-refractivity contribution is 0.288. The highest BCUT2D eigenvalue weighted by Gasteiger charge is 2.15. The molecule has 134 valence electrons. The predicted octanol–water partition coefficient (Wildman–Crippen LogP) is 2.61. The van der Waals surface area contributed by atoms with Gasteiger partial charge in [-0.15, -0.1) is 0 Å². The highest BCUT2D eigenvalue weighted by atomic mass is 19.1. The van der Waals surface area contributed by atoms with E-state index in [4.69, 9.17) is 0 Å². The quantitative estimate of drug-likeness (QED) is 0.837. The molecule has 25 heavy (non-hydrogen) atoms. The molecule has 1 atom stereocenters. The average molecular weight is 343 g/mol. The first kappa shape index (κ1) is 17.8. The molecular formula is C19H26FN5. The van der Waals surface area contributed by atoms with E-state index in [1.807, 2.05) is 38.6 Å². The van der Waals surface area contributed by atoms with Gasteiger partial charge in [-0.25, -0.2) is 14.4 Å². The summed E-state index contributed by atoms with van der Waals surface area (Å²) >= 11 is 0. The zero-order chi connectivity index (χ0) is 17.6. The van der Waals surface area contributed by atoms with Gasteiger partial charge in [-0.05, 0) is 44.6 Å². The molecule has 1 aromatic heterocycles. The largest absolute Gasteiger partial charge is 0.341 e. The number of hydrogen-bond acceptors (Lipinski definition) is 5. The molecule has 5 nitrogen and oxygen atoms in total. The molecular weight excluding hydrogens is 317 g/mol. The van der Waals surface area contributed by atoms with Crippen LogP contribution in [0.5, 0.6) is 0 Å².